The third-order valence-corrected chi connectivity index (χ3v) is 3.67. The molecule has 0 spiro atoms. The van der Waals surface area contributed by atoms with Crippen LogP contribution in [0, 0.1) is 5.41 Å². The van der Waals surface area contributed by atoms with Crippen LogP contribution in [-0.2, 0) is 16.4 Å². The molecule has 0 atom stereocenters. The Bertz CT molecular complexity index is 698. The van der Waals surface area contributed by atoms with Gasteiger partial charge in [0.25, 0.3) is 5.56 Å². The zero-order valence-electron chi connectivity index (χ0n) is 12.1. The Hall–Kier alpha value is -1.59. The zero-order valence-corrected chi connectivity index (χ0v) is 12.1. The maximum absolute atomic E-state index is 12.4. The first-order valence-electron chi connectivity index (χ1n) is 6.80. The molecule has 0 unspecified atom stereocenters. The van der Waals surface area contributed by atoms with Gasteiger partial charge in [-0.1, -0.05) is 32.0 Å². The van der Waals surface area contributed by atoms with Crippen molar-refractivity contribution < 1.29 is 9.31 Å². The molecule has 0 N–H and O–H groups in total. The number of para-hydroxylation sites is 1. The summed E-state index contributed by atoms with van der Waals surface area (Å²) in [5.74, 6) is 0. The normalized spacial score (nSPS) is 18.4. The van der Waals surface area contributed by atoms with Crippen molar-refractivity contribution >= 4 is 23.5 Å². The lowest BCUT2D eigenvalue weighted by atomic mass is 9.76. The molecule has 1 fully saturated rings. The molecule has 0 bridgehead atoms. The molecule has 20 heavy (non-hydrogen) atoms. The molecule has 1 saturated heterocycles. The second-order valence-electron chi connectivity index (χ2n) is 6.14. The summed E-state index contributed by atoms with van der Waals surface area (Å²) in [5.41, 5.74) is 1.42. The van der Waals surface area contributed by atoms with Crippen molar-refractivity contribution in [1.29, 1.82) is 0 Å². The molecule has 0 amide bonds. The average molecular weight is 271 g/mol. The second kappa shape index (κ2) is 4.75. The Balaban J connectivity index is 2.04. The van der Waals surface area contributed by atoms with E-state index in [9.17, 15) is 4.79 Å². The average Bonchev–Trinajstić information content (AvgIpc) is 2.43. The van der Waals surface area contributed by atoms with E-state index in [1.165, 1.54) is 0 Å². The van der Waals surface area contributed by atoms with E-state index in [1.54, 1.807) is 11.6 Å². The minimum Gasteiger partial charge on any atom is -0.407 e. The molecule has 1 aliphatic heterocycles. The molecule has 0 saturated carbocycles. The van der Waals surface area contributed by atoms with E-state index in [0.717, 1.165) is 10.9 Å². The maximum Gasteiger partial charge on any atom is 0.499 e. The van der Waals surface area contributed by atoms with Gasteiger partial charge in [0.2, 0.25) is 0 Å². The van der Waals surface area contributed by atoms with E-state index in [4.69, 9.17) is 9.31 Å². The molecule has 104 valence electrons. The SMILES string of the molecule is Cn1c(=O)c(B2OCC(C)(C)CO2)cc2ccccc21. The van der Waals surface area contributed by atoms with Crippen molar-refractivity contribution in [2.45, 2.75) is 13.8 Å². The summed E-state index contributed by atoms with van der Waals surface area (Å²) in [7, 11) is 1.22. The van der Waals surface area contributed by atoms with Crippen LogP contribution in [0.2, 0.25) is 0 Å². The highest BCUT2D eigenvalue weighted by atomic mass is 16.6. The van der Waals surface area contributed by atoms with Crippen LogP contribution in [-0.4, -0.2) is 24.9 Å². The van der Waals surface area contributed by atoms with Crippen molar-refractivity contribution in [1.82, 2.24) is 4.57 Å². The van der Waals surface area contributed by atoms with Gasteiger partial charge in [0.1, 0.15) is 0 Å². The first-order valence-corrected chi connectivity index (χ1v) is 6.80. The Morgan fingerprint density at radius 3 is 2.55 bits per heavy atom. The standard InChI is InChI=1S/C15H18BNO3/c1-15(2)9-19-16(20-10-15)12-8-11-6-4-5-7-13(11)17(3)14(12)18/h4-8H,9-10H2,1-3H3. The predicted octanol–water partition coefficient (Wildman–Crippen LogP) is 1.31. The van der Waals surface area contributed by atoms with Crippen LogP contribution in [0.5, 0.6) is 0 Å². The van der Waals surface area contributed by atoms with Crippen molar-refractivity contribution in [2.75, 3.05) is 13.2 Å². The number of hydrogen-bond acceptors (Lipinski definition) is 3. The third-order valence-electron chi connectivity index (χ3n) is 3.67. The van der Waals surface area contributed by atoms with Crippen LogP contribution in [0.3, 0.4) is 0 Å². The highest BCUT2D eigenvalue weighted by Gasteiger charge is 2.35. The van der Waals surface area contributed by atoms with E-state index in [-0.39, 0.29) is 11.0 Å². The summed E-state index contributed by atoms with van der Waals surface area (Å²) in [6, 6.07) is 9.69. The molecular formula is C15H18BNO3. The van der Waals surface area contributed by atoms with Gasteiger partial charge in [-0.15, -0.1) is 0 Å². The van der Waals surface area contributed by atoms with Crippen LogP contribution >= 0.6 is 0 Å². The highest BCUT2D eigenvalue weighted by Crippen LogP contribution is 2.21. The Morgan fingerprint density at radius 1 is 1.20 bits per heavy atom. The van der Waals surface area contributed by atoms with E-state index in [1.807, 2.05) is 30.3 Å². The van der Waals surface area contributed by atoms with Crippen molar-refractivity contribution in [2.24, 2.45) is 12.5 Å². The van der Waals surface area contributed by atoms with Gasteiger partial charge < -0.3 is 13.9 Å². The van der Waals surface area contributed by atoms with Gasteiger partial charge in [0.15, 0.2) is 0 Å². The quantitative estimate of drug-likeness (QED) is 0.734. The summed E-state index contributed by atoms with van der Waals surface area (Å²) in [5, 5.41) is 1.02. The van der Waals surface area contributed by atoms with Crippen LogP contribution in [0.4, 0.5) is 0 Å². The van der Waals surface area contributed by atoms with E-state index >= 15 is 0 Å². The number of pyridine rings is 1. The predicted molar refractivity (Wildman–Crippen MR) is 80.3 cm³/mol. The molecule has 3 rings (SSSR count). The first kappa shape index (κ1) is 13.4. The molecule has 0 radical (unpaired) electrons. The molecule has 0 aliphatic carbocycles. The molecule has 5 heteroatoms. The Kier molecular flexibility index (Phi) is 3.19. The van der Waals surface area contributed by atoms with Crippen LogP contribution in [0.15, 0.2) is 35.1 Å². The molecule has 2 heterocycles. The Morgan fingerprint density at radius 2 is 1.85 bits per heavy atom. The third kappa shape index (κ3) is 2.27. The molecule has 1 aromatic heterocycles. The van der Waals surface area contributed by atoms with Gasteiger partial charge in [-0.25, -0.2) is 0 Å². The number of nitrogens with zero attached hydrogens (tertiary/aromatic N) is 1. The summed E-state index contributed by atoms with van der Waals surface area (Å²) in [6.45, 7) is 5.35. The Labute approximate surface area is 118 Å². The van der Waals surface area contributed by atoms with Crippen molar-refractivity contribution in [3.05, 3.63) is 40.7 Å². The van der Waals surface area contributed by atoms with Crippen LogP contribution < -0.4 is 11.0 Å². The van der Waals surface area contributed by atoms with Gasteiger partial charge in [-0.2, -0.15) is 0 Å². The summed E-state index contributed by atoms with van der Waals surface area (Å²) < 4.78 is 13.1. The van der Waals surface area contributed by atoms with Crippen molar-refractivity contribution in [3.8, 4) is 0 Å². The maximum atomic E-state index is 12.4. The van der Waals surface area contributed by atoms with Gasteiger partial charge in [-0.3, -0.25) is 4.79 Å². The lowest BCUT2D eigenvalue weighted by molar-refractivity contribution is 0.0342. The smallest absolute Gasteiger partial charge is 0.407 e. The lowest BCUT2D eigenvalue weighted by Crippen LogP contribution is -2.53. The monoisotopic (exact) mass is 271 g/mol. The lowest BCUT2D eigenvalue weighted by Gasteiger charge is -2.33. The molecule has 1 aliphatic rings. The number of benzene rings is 1. The van der Waals surface area contributed by atoms with Crippen molar-refractivity contribution in [3.63, 3.8) is 0 Å². The molecule has 2 aromatic rings. The minimum absolute atomic E-state index is 0.00141. The van der Waals surface area contributed by atoms with Gasteiger partial charge >= 0.3 is 7.12 Å². The second-order valence-corrected chi connectivity index (χ2v) is 6.14. The summed E-state index contributed by atoms with van der Waals surface area (Å²) in [4.78, 5) is 12.4. The fraction of sp³-hybridized carbons (Fsp3) is 0.400. The first-order chi connectivity index (χ1) is 9.48. The summed E-state index contributed by atoms with van der Waals surface area (Å²) in [6.07, 6.45) is 0. The fourth-order valence-electron chi connectivity index (χ4n) is 2.49. The van der Waals surface area contributed by atoms with E-state index < -0.39 is 7.12 Å². The fourth-order valence-corrected chi connectivity index (χ4v) is 2.49. The van der Waals surface area contributed by atoms with Gasteiger partial charge in [0, 0.05) is 31.1 Å². The zero-order chi connectivity index (χ0) is 14.3. The largest absolute Gasteiger partial charge is 0.499 e. The summed E-state index contributed by atoms with van der Waals surface area (Å²) >= 11 is 0. The number of fused-ring (bicyclic) bond motifs is 1. The van der Waals surface area contributed by atoms with Crippen LogP contribution in [0.25, 0.3) is 10.9 Å². The van der Waals surface area contributed by atoms with E-state index in [2.05, 4.69) is 13.8 Å². The number of aryl methyl sites for hydroxylation is 1. The van der Waals surface area contributed by atoms with Gasteiger partial charge in [0.05, 0.1) is 5.52 Å². The van der Waals surface area contributed by atoms with Crippen LogP contribution in [0.1, 0.15) is 13.8 Å². The number of aromatic nitrogens is 1. The van der Waals surface area contributed by atoms with E-state index in [0.29, 0.717) is 18.7 Å². The highest BCUT2D eigenvalue weighted by molar-refractivity contribution is 6.61. The minimum atomic E-state index is -0.564. The molecule has 4 nitrogen and oxygen atoms in total. The topological polar surface area (TPSA) is 40.5 Å². The molecular weight excluding hydrogens is 253 g/mol. The number of rotatable bonds is 1. The molecule has 1 aromatic carbocycles. The number of hydrogen-bond donors (Lipinski definition) is 0. The van der Waals surface area contributed by atoms with Gasteiger partial charge in [-0.05, 0) is 17.5 Å².